The minimum absolute atomic E-state index is 0.0407. The molecule has 0 aliphatic carbocycles. The topological polar surface area (TPSA) is 110 Å². The molecule has 4 N–H and O–H groups in total. The molecule has 3 rings (SSSR count). The van der Waals surface area contributed by atoms with Crippen molar-refractivity contribution in [1.29, 1.82) is 0 Å². The fourth-order valence-corrected chi connectivity index (χ4v) is 2.98. The summed E-state index contributed by atoms with van der Waals surface area (Å²) >= 11 is 0. The third kappa shape index (κ3) is 5.87. The van der Waals surface area contributed by atoms with E-state index in [0.29, 0.717) is 29.8 Å². The molecule has 2 amide bonds. The number of amides is 2. The maximum absolute atomic E-state index is 12.3. The molecule has 1 aromatic heterocycles. The minimum atomic E-state index is -2.89. The van der Waals surface area contributed by atoms with Gasteiger partial charge in [-0.1, -0.05) is 24.3 Å². The van der Waals surface area contributed by atoms with E-state index in [2.05, 4.69) is 20.3 Å². The van der Waals surface area contributed by atoms with E-state index in [1.807, 2.05) is 18.2 Å². The van der Waals surface area contributed by atoms with Crippen molar-refractivity contribution in [3.05, 3.63) is 77.1 Å². The van der Waals surface area contributed by atoms with Crippen LogP contribution in [-0.2, 0) is 24.1 Å². The number of alkyl halides is 2. The average molecular weight is 414 g/mol. The van der Waals surface area contributed by atoms with Gasteiger partial charge in [0.05, 0.1) is 12.6 Å². The Kier molecular flexibility index (Phi) is 6.74. The third-order valence-electron chi connectivity index (χ3n) is 4.37. The quantitative estimate of drug-likeness (QED) is 0.500. The number of aryl methyl sites for hydroxylation is 2. The normalized spacial score (nSPS) is 10.8. The summed E-state index contributed by atoms with van der Waals surface area (Å²) in [6, 6.07) is 13.3. The molecule has 0 saturated heterocycles. The van der Waals surface area contributed by atoms with E-state index in [9.17, 15) is 18.4 Å². The Morgan fingerprint density at radius 1 is 1.10 bits per heavy atom. The molecule has 3 aromatic rings. The maximum Gasteiger partial charge on any atom is 0.387 e. The molecule has 1 heterocycles. The van der Waals surface area contributed by atoms with Gasteiger partial charge in [0, 0.05) is 11.3 Å². The summed E-state index contributed by atoms with van der Waals surface area (Å²) in [5.41, 5.74) is 8.61. The Balaban J connectivity index is 1.56. The van der Waals surface area contributed by atoms with Crippen LogP contribution in [0.15, 0.2) is 54.7 Å². The summed E-state index contributed by atoms with van der Waals surface area (Å²) in [7, 11) is 0. The van der Waals surface area contributed by atoms with Gasteiger partial charge in [-0.2, -0.15) is 13.9 Å². The summed E-state index contributed by atoms with van der Waals surface area (Å²) in [5.74, 6) is -0.753. The zero-order valence-corrected chi connectivity index (χ0v) is 15.9. The van der Waals surface area contributed by atoms with Crippen LogP contribution in [0.4, 0.5) is 14.5 Å². The molecule has 0 aliphatic rings. The van der Waals surface area contributed by atoms with E-state index < -0.39 is 12.5 Å². The van der Waals surface area contributed by atoms with E-state index >= 15 is 0 Å². The lowest BCUT2D eigenvalue weighted by molar-refractivity contribution is -0.115. The lowest BCUT2D eigenvalue weighted by Crippen LogP contribution is -2.15. The molecule has 30 heavy (non-hydrogen) atoms. The average Bonchev–Trinajstić information content (AvgIpc) is 3.17. The number of ether oxygens (including phenoxy) is 1. The highest BCUT2D eigenvalue weighted by Crippen LogP contribution is 2.17. The third-order valence-corrected chi connectivity index (χ3v) is 4.37. The Hall–Kier alpha value is -3.75. The number of nitrogens with one attached hydrogen (secondary N) is 2. The molecule has 2 aromatic carbocycles. The SMILES string of the molecule is NC(=O)c1[nH]ncc1CCc1cccc(NC(=O)Cc2ccc(OC(F)F)cc2)c1. The van der Waals surface area contributed by atoms with E-state index in [0.717, 1.165) is 11.1 Å². The van der Waals surface area contributed by atoms with Crippen molar-refractivity contribution in [2.75, 3.05) is 5.32 Å². The molecule has 0 bridgehead atoms. The van der Waals surface area contributed by atoms with E-state index in [1.54, 1.807) is 24.4 Å². The molecule has 0 saturated carbocycles. The largest absolute Gasteiger partial charge is 0.435 e. The van der Waals surface area contributed by atoms with Gasteiger partial charge < -0.3 is 15.8 Å². The van der Waals surface area contributed by atoms with Crippen molar-refractivity contribution in [1.82, 2.24) is 10.2 Å². The van der Waals surface area contributed by atoms with Gasteiger partial charge in [-0.25, -0.2) is 0 Å². The molecule has 0 fully saturated rings. The van der Waals surface area contributed by atoms with Crippen molar-refractivity contribution >= 4 is 17.5 Å². The summed E-state index contributed by atoms with van der Waals surface area (Å²) in [6.45, 7) is -2.89. The number of halogens is 2. The molecular weight excluding hydrogens is 394 g/mol. The Morgan fingerprint density at radius 3 is 2.57 bits per heavy atom. The zero-order valence-electron chi connectivity index (χ0n) is 15.9. The molecule has 0 aliphatic heterocycles. The molecule has 0 atom stereocenters. The number of aromatic nitrogens is 2. The number of H-pyrrole nitrogens is 1. The Labute approximate surface area is 171 Å². The molecule has 7 nitrogen and oxygen atoms in total. The van der Waals surface area contributed by atoms with Crippen LogP contribution in [0.2, 0.25) is 0 Å². The van der Waals surface area contributed by atoms with Crippen LogP contribution in [0.1, 0.15) is 27.2 Å². The molecule has 156 valence electrons. The first-order valence-corrected chi connectivity index (χ1v) is 9.15. The van der Waals surface area contributed by atoms with Gasteiger partial charge >= 0.3 is 6.61 Å². The number of nitrogens with zero attached hydrogens (tertiary/aromatic N) is 1. The molecule has 0 unspecified atom stereocenters. The second-order valence-electron chi connectivity index (χ2n) is 6.58. The van der Waals surface area contributed by atoms with Crippen LogP contribution in [0.25, 0.3) is 0 Å². The first-order valence-electron chi connectivity index (χ1n) is 9.15. The summed E-state index contributed by atoms with van der Waals surface area (Å²) in [4.78, 5) is 23.6. The molecular formula is C21H20F2N4O3. The fraction of sp³-hybridized carbons (Fsp3) is 0.190. The minimum Gasteiger partial charge on any atom is -0.435 e. The highest BCUT2D eigenvalue weighted by atomic mass is 19.3. The van der Waals surface area contributed by atoms with E-state index in [1.165, 1.54) is 12.1 Å². The number of hydrogen-bond donors (Lipinski definition) is 3. The first-order chi connectivity index (χ1) is 14.4. The number of carbonyl (C=O) groups excluding carboxylic acids is 2. The molecule has 0 radical (unpaired) electrons. The maximum atomic E-state index is 12.3. The lowest BCUT2D eigenvalue weighted by Gasteiger charge is -2.09. The fourth-order valence-electron chi connectivity index (χ4n) is 2.98. The highest BCUT2D eigenvalue weighted by Gasteiger charge is 2.11. The Morgan fingerprint density at radius 2 is 1.87 bits per heavy atom. The molecule has 0 spiro atoms. The number of carbonyl (C=O) groups is 2. The number of nitrogens with two attached hydrogens (primary N) is 1. The smallest absolute Gasteiger partial charge is 0.387 e. The van der Waals surface area contributed by atoms with Crippen LogP contribution in [0, 0.1) is 0 Å². The van der Waals surface area contributed by atoms with Gasteiger partial charge in [0.2, 0.25) is 5.91 Å². The van der Waals surface area contributed by atoms with Crippen LogP contribution in [-0.4, -0.2) is 28.6 Å². The standard InChI is InChI=1S/C21H20F2N4O3/c22-21(23)30-17-8-5-14(6-9-17)11-18(28)26-16-3-1-2-13(10-16)4-7-15-12-25-27-19(15)20(24)29/h1-3,5-6,8-10,12,21H,4,7,11H2,(H2,24,29)(H,25,27)(H,26,28). The van der Waals surface area contributed by atoms with Crippen molar-refractivity contribution in [2.45, 2.75) is 25.9 Å². The number of rotatable bonds is 9. The lowest BCUT2D eigenvalue weighted by atomic mass is 10.0. The number of hydrogen-bond acceptors (Lipinski definition) is 4. The van der Waals surface area contributed by atoms with Gasteiger partial charge in [0.15, 0.2) is 0 Å². The number of aromatic amines is 1. The van der Waals surface area contributed by atoms with Crippen LogP contribution in [0.5, 0.6) is 5.75 Å². The van der Waals surface area contributed by atoms with E-state index in [4.69, 9.17) is 5.73 Å². The van der Waals surface area contributed by atoms with Gasteiger partial charge in [-0.3, -0.25) is 14.7 Å². The monoisotopic (exact) mass is 414 g/mol. The molecule has 9 heteroatoms. The van der Waals surface area contributed by atoms with Gasteiger partial charge in [-0.05, 0) is 48.2 Å². The number of anilines is 1. The van der Waals surface area contributed by atoms with Gasteiger partial charge in [0.25, 0.3) is 5.91 Å². The van der Waals surface area contributed by atoms with Crippen LogP contribution in [0.3, 0.4) is 0 Å². The predicted octanol–water partition coefficient (Wildman–Crippen LogP) is 3.08. The highest BCUT2D eigenvalue weighted by molar-refractivity contribution is 5.92. The van der Waals surface area contributed by atoms with Gasteiger partial charge in [-0.15, -0.1) is 0 Å². The summed E-state index contributed by atoms with van der Waals surface area (Å²) in [5, 5.41) is 9.25. The van der Waals surface area contributed by atoms with Crippen molar-refractivity contribution in [3.63, 3.8) is 0 Å². The second kappa shape index (κ2) is 9.64. The van der Waals surface area contributed by atoms with Crippen molar-refractivity contribution in [2.24, 2.45) is 5.73 Å². The van der Waals surface area contributed by atoms with Crippen molar-refractivity contribution in [3.8, 4) is 5.75 Å². The summed E-state index contributed by atoms with van der Waals surface area (Å²) in [6.07, 6.45) is 2.87. The van der Waals surface area contributed by atoms with E-state index in [-0.39, 0.29) is 18.1 Å². The van der Waals surface area contributed by atoms with Crippen molar-refractivity contribution < 1.29 is 23.1 Å². The first kappa shape index (κ1) is 21.0. The van der Waals surface area contributed by atoms with Crippen LogP contribution < -0.4 is 15.8 Å². The zero-order chi connectivity index (χ0) is 21.5. The summed E-state index contributed by atoms with van der Waals surface area (Å²) < 4.78 is 28.7. The number of primary amides is 1. The second-order valence-corrected chi connectivity index (χ2v) is 6.58. The predicted molar refractivity (Wildman–Crippen MR) is 106 cm³/mol. The van der Waals surface area contributed by atoms with Gasteiger partial charge in [0.1, 0.15) is 11.4 Å². The Bertz CT molecular complexity index is 1020. The number of benzene rings is 2. The van der Waals surface area contributed by atoms with Crippen LogP contribution >= 0.6 is 0 Å².